The quantitative estimate of drug-likeness (QED) is 0.429. The van der Waals surface area contributed by atoms with Crippen molar-refractivity contribution in [1.82, 2.24) is 4.90 Å². The minimum Gasteiger partial charge on any atom is -0.486 e. The van der Waals surface area contributed by atoms with Crippen LogP contribution in [0.15, 0.2) is 72.8 Å². The molecule has 1 atom stereocenters. The molecule has 0 aliphatic heterocycles. The summed E-state index contributed by atoms with van der Waals surface area (Å²) < 4.78 is 25.4. The average molecular weight is 444 g/mol. The largest absolute Gasteiger partial charge is 0.486 e. The van der Waals surface area contributed by atoms with E-state index < -0.39 is 5.97 Å². The number of hydrogen-bond acceptors (Lipinski definition) is 4. The highest BCUT2D eigenvalue weighted by atomic mass is 35.5. The van der Waals surface area contributed by atoms with Gasteiger partial charge in [0.25, 0.3) is 0 Å². The maximum Gasteiger partial charge on any atom is 0.317 e. The number of aliphatic carboxylic acids is 1. The van der Waals surface area contributed by atoms with Gasteiger partial charge in [-0.05, 0) is 61.1 Å². The van der Waals surface area contributed by atoms with Crippen molar-refractivity contribution in [2.24, 2.45) is 0 Å². The highest BCUT2D eigenvalue weighted by molar-refractivity contribution is 6.30. The molecule has 0 saturated carbocycles. The standard InChI is InChI=1S/C24H23ClFNO4/c1-27(16-24(28)29)14-13-23(17-5-9-19(26)10-6-17)31-22-4-2-3-21(15-22)30-20-11-7-18(25)8-12-20/h2-12,15,23H,13-14,16H2,1H3,(H,28,29). The van der Waals surface area contributed by atoms with Crippen molar-refractivity contribution in [3.63, 3.8) is 0 Å². The molecule has 0 aromatic heterocycles. The molecule has 0 aliphatic rings. The van der Waals surface area contributed by atoms with Crippen LogP contribution in [-0.2, 0) is 4.79 Å². The van der Waals surface area contributed by atoms with Crippen LogP contribution in [0, 0.1) is 5.82 Å². The topological polar surface area (TPSA) is 59.0 Å². The molecule has 0 radical (unpaired) electrons. The molecule has 5 nitrogen and oxygen atoms in total. The number of nitrogens with zero attached hydrogens (tertiary/aromatic N) is 1. The van der Waals surface area contributed by atoms with Crippen molar-refractivity contribution in [2.45, 2.75) is 12.5 Å². The Morgan fingerprint density at radius 3 is 2.39 bits per heavy atom. The van der Waals surface area contributed by atoms with Crippen LogP contribution in [0.4, 0.5) is 4.39 Å². The van der Waals surface area contributed by atoms with Gasteiger partial charge in [-0.3, -0.25) is 9.69 Å². The lowest BCUT2D eigenvalue weighted by Gasteiger charge is -2.23. The first kappa shape index (κ1) is 22.6. The minimum absolute atomic E-state index is 0.0689. The zero-order valence-electron chi connectivity index (χ0n) is 17.0. The number of ether oxygens (including phenoxy) is 2. The molecule has 0 saturated heterocycles. The van der Waals surface area contributed by atoms with E-state index in [1.165, 1.54) is 12.1 Å². The average Bonchev–Trinajstić information content (AvgIpc) is 2.73. The fourth-order valence-corrected chi connectivity index (χ4v) is 3.16. The molecule has 0 heterocycles. The summed E-state index contributed by atoms with van der Waals surface area (Å²) in [6, 6.07) is 20.4. The zero-order chi connectivity index (χ0) is 22.2. The summed E-state index contributed by atoms with van der Waals surface area (Å²) >= 11 is 5.91. The fourth-order valence-electron chi connectivity index (χ4n) is 3.03. The van der Waals surface area contributed by atoms with E-state index in [1.54, 1.807) is 54.4 Å². The molecular weight excluding hydrogens is 421 g/mol. The molecule has 3 aromatic carbocycles. The number of carboxylic acids is 1. The predicted octanol–water partition coefficient (Wildman–Crippen LogP) is 5.80. The van der Waals surface area contributed by atoms with Crippen molar-refractivity contribution in [2.75, 3.05) is 20.1 Å². The molecule has 1 unspecified atom stereocenters. The van der Waals surface area contributed by atoms with Crippen LogP contribution in [0.2, 0.25) is 5.02 Å². The van der Waals surface area contributed by atoms with Crippen molar-refractivity contribution >= 4 is 17.6 Å². The summed E-state index contributed by atoms with van der Waals surface area (Å²) in [5, 5.41) is 9.59. The van der Waals surface area contributed by atoms with E-state index >= 15 is 0 Å². The number of rotatable bonds is 10. The molecule has 31 heavy (non-hydrogen) atoms. The van der Waals surface area contributed by atoms with Crippen molar-refractivity contribution in [3.05, 3.63) is 89.2 Å². The van der Waals surface area contributed by atoms with E-state index in [1.807, 2.05) is 18.2 Å². The van der Waals surface area contributed by atoms with E-state index in [0.29, 0.717) is 35.2 Å². The first-order valence-corrected chi connectivity index (χ1v) is 10.1. The van der Waals surface area contributed by atoms with Gasteiger partial charge in [-0.2, -0.15) is 0 Å². The zero-order valence-corrected chi connectivity index (χ0v) is 17.8. The second kappa shape index (κ2) is 10.8. The van der Waals surface area contributed by atoms with E-state index in [4.69, 9.17) is 26.2 Å². The maximum absolute atomic E-state index is 13.4. The highest BCUT2D eigenvalue weighted by Crippen LogP contribution is 2.30. The number of halogens is 2. The lowest BCUT2D eigenvalue weighted by Crippen LogP contribution is -2.28. The molecule has 1 N–H and O–H groups in total. The maximum atomic E-state index is 13.4. The lowest BCUT2D eigenvalue weighted by atomic mass is 10.1. The molecule has 162 valence electrons. The van der Waals surface area contributed by atoms with Crippen LogP contribution in [-0.4, -0.2) is 36.1 Å². The van der Waals surface area contributed by atoms with Gasteiger partial charge in [0.1, 0.15) is 29.2 Å². The molecule has 0 spiro atoms. The molecule has 0 bridgehead atoms. The molecule has 0 fully saturated rings. The van der Waals surface area contributed by atoms with Crippen LogP contribution >= 0.6 is 11.6 Å². The van der Waals surface area contributed by atoms with Crippen LogP contribution in [0.5, 0.6) is 17.2 Å². The third kappa shape index (κ3) is 7.27. The van der Waals surface area contributed by atoms with E-state index in [2.05, 4.69) is 0 Å². The lowest BCUT2D eigenvalue weighted by molar-refractivity contribution is -0.138. The van der Waals surface area contributed by atoms with Crippen LogP contribution < -0.4 is 9.47 Å². The van der Waals surface area contributed by atoms with E-state index in [0.717, 1.165) is 5.56 Å². The number of hydrogen-bond donors (Lipinski definition) is 1. The first-order valence-electron chi connectivity index (χ1n) is 9.75. The SMILES string of the molecule is CN(CCC(Oc1cccc(Oc2ccc(Cl)cc2)c1)c1ccc(F)cc1)CC(=O)O. The summed E-state index contributed by atoms with van der Waals surface area (Å²) in [6.45, 7) is 0.426. The van der Waals surface area contributed by atoms with Crippen LogP contribution in [0.25, 0.3) is 0 Å². The Bertz CT molecular complexity index is 995. The van der Waals surface area contributed by atoms with E-state index in [-0.39, 0.29) is 18.5 Å². The smallest absolute Gasteiger partial charge is 0.317 e. The third-order valence-electron chi connectivity index (χ3n) is 4.55. The second-order valence-corrected chi connectivity index (χ2v) is 7.55. The van der Waals surface area contributed by atoms with Gasteiger partial charge >= 0.3 is 5.97 Å². The van der Waals surface area contributed by atoms with Gasteiger partial charge in [-0.1, -0.05) is 29.8 Å². The Kier molecular flexibility index (Phi) is 7.87. The van der Waals surface area contributed by atoms with Gasteiger partial charge in [0.05, 0.1) is 6.54 Å². The van der Waals surface area contributed by atoms with Gasteiger partial charge in [-0.25, -0.2) is 4.39 Å². The third-order valence-corrected chi connectivity index (χ3v) is 4.81. The Balaban J connectivity index is 1.74. The Hall–Kier alpha value is -3.09. The summed E-state index contributed by atoms with van der Waals surface area (Å²) in [5.41, 5.74) is 0.800. The molecule has 7 heteroatoms. The molecule has 3 aromatic rings. The number of carbonyl (C=O) groups is 1. The Labute approximate surface area is 185 Å². The highest BCUT2D eigenvalue weighted by Gasteiger charge is 2.16. The first-order chi connectivity index (χ1) is 14.9. The second-order valence-electron chi connectivity index (χ2n) is 7.11. The van der Waals surface area contributed by atoms with Gasteiger partial charge in [-0.15, -0.1) is 0 Å². The number of carboxylic acid groups (broad SMARTS) is 1. The normalized spacial score (nSPS) is 11.9. The van der Waals surface area contributed by atoms with Gasteiger partial charge in [0, 0.05) is 24.1 Å². The predicted molar refractivity (Wildman–Crippen MR) is 117 cm³/mol. The molecular formula is C24H23ClFNO4. The summed E-state index contributed by atoms with van der Waals surface area (Å²) in [5.74, 6) is 0.604. The number of benzene rings is 3. The Morgan fingerprint density at radius 2 is 1.71 bits per heavy atom. The van der Waals surface area contributed by atoms with Gasteiger partial charge < -0.3 is 14.6 Å². The van der Waals surface area contributed by atoms with E-state index in [9.17, 15) is 9.18 Å². The summed E-state index contributed by atoms with van der Waals surface area (Å²) in [4.78, 5) is 12.6. The molecule has 3 rings (SSSR count). The summed E-state index contributed by atoms with van der Waals surface area (Å²) in [7, 11) is 1.73. The summed E-state index contributed by atoms with van der Waals surface area (Å²) in [6.07, 6.45) is 0.139. The van der Waals surface area contributed by atoms with Gasteiger partial charge in [0.15, 0.2) is 0 Å². The number of likely N-dealkylation sites (N-methyl/N-ethyl adjacent to an activating group) is 1. The van der Waals surface area contributed by atoms with Crippen molar-refractivity contribution in [3.8, 4) is 17.2 Å². The Morgan fingerprint density at radius 1 is 1.03 bits per heavy atom. The van der Waals surface area contributed by atoms with Crippen LogP contribution in [0.1, 0.15) is 18.1 Å². The fraction of sp³-hybridized carbons (Fsp3) is 0.208. The molecule has 0 aliphatic carbocycles. The monoisotopic (exact) mass is 443 g/mol. The van der Waals surface area contributed by atoms with Gasteiger partial charge in [0.2, 0.25) is 0 Å². The van der Waals surface area contributed by atoms with Crippen molar-refractivity contribution < 1.29 is 23.8 Å². The minimum atomic E-state index is -0.895. The van der Waals surface area contributed by atoms with Crippen molar-refractivity contribution in [1.29, 1.82) is 0 Å². The van der Waals surface area contributed by atoms with Crippen LogP contribution in [0.3, 0.4) is 0 Å². The molecule has 0 amide bonds.